The predicted molar refractivity (Wildman–Crippen MR) is 78.2 cm³/mol. The van der Waals surface area contributed by atoms with Gasteiger partial charge in [-0.1, -0.05) is 30.3 Å². The van der Waals surface area contributed by atoms with Crippen LogP contribution in [0.15, 0.2) is 48.5 Å². The highest BCUT2D eigenvalue weighted by Crippen LogP contribution is 2.23. The van der Waals surface area contributed by atoms with Crippen LogP contribution in [0.2, 0.25) is 0 Å². The van der Waals surface area contributed by atoms with Gasteiger partial charge in [0, 0.05) is 9.13 Å². The van der Waals surface area contributed by atoms with E-state index in [1.165, 1.54) is 24.3 Å². The Kier molecular flexibility index (Phi) is 4.27. The molecule has 0 saturated carbocycles. The third-order valence-corrected chi connectivity index (χ3v) is 3.67. The standard InChI is InChI=1S/C15H9FINO/c16-11-7-5-10(6-8-11)13(9-18)15(19)12-3-1-2-4-14(12)17/h1-8,13H. The summed E-state index contributed by atoms with van der Waals surface area (Å²) in [6.07, 6.45) is 0. The van der Waals surface area contributed by atoms with Crippen molar-refractivity contribution in [1.82, 2.24) is 0 Å². The molecule has 0 aliphatic rings. The number of ketones is 1. The first-order valence-electron chi connectivity index (χ1n) is 5.57. The Hall–Kier alpha value is -1.74. The van der Waals surface area contributed by atoms with E-state index in [0.717, 1.165) is 3.57 Å². The molecule has 2 aromatic rings. The maximum atomic E-state index is 12.9. The zero-order chi connectivity index (χ0) is 13.8. The van der Waals surface area contributed by atoms with Gasteiger partial charge in [0.1, 0.15) is 11.7 Å². The normalized spacial score (nSPS) is 11.6. The van der Waals surface area contributed by atoms with Crippen LogP contribution in [-0.4, -0.2) is 5.78 Å². The van der Waals surface area contributed by atoms with E-state index in [-0.39, 0.29) is 11.6 Å². The second kappa shape index (κ2) is 5.93. The number of benzene rings is 2. The number of hydrogen-bond donors (Lipinski definition) is 0. The minimum atomic E-state index is -0.906. The van der Waals surface area contributed by atoms with Crippen molar-refractivity contribution >= 4 is 28.4 Å². The molecule has 0 amide bonds. The lowest BCUT2D eigenvalue weighted by Crippen LogP contribution is -2.12. The van der Waals surface area contributed by atoms with Crippen molar-refractivity contribution < 1.29 is 9.18 Å². The molecule has 94 valence electrons. The summed E-state index contributed by atoms with van der Waals surface area (Å²) in [5.41, 5.74) is 1.02. The molecule has 0 radical (unpaired) electrons. The summed E-state index contributed by atoms with van der Waals surface area (Å²) in [6.45, 7) is 0. The summed E-state index contributed by atoms with van der Waals surface area (Å²) in [7, 11) is 0. The van der Waals surface area contributed by atoms with Crippen molar-refractivity contribution in [3.63, 3.8) is 0 Å². The molecule has 0 fully saturated rings. The molecule has 0 heterocycles. The van der Waals surface area contributed by atoms with E-state index in [1.807, 2.05) is 18.2 Å². The lowest BCUT2D eigenvalue weighted by atomic mass is 9.92. The van der Waals surface area contributed by atoms with E-state index in [0.29, 0.717) is 11.1 Å². The van der Waals surface area contributed by atoms with Crippen LogP contribution in [0.3, 0.4) is 0 Å². The van der Waals surface area contributed by atoms with E-state index in [1.54, 1.807) is 12.1 Å². The van der Waals surface area contributed by atoms with Crippen LogP contribution in [0.25, 0.3) is 0 Å². The molecule has 0 spiro atoms. The molecule has 0 aliphatic heterocycles. The van der Waals surface area contributed by atoms with Gasteiger partial charge in [-0.2, -0.15) is 5.26 Å². The summed E-state index contributed by atoms with van der Waals surface area (Å²) in [4.78, 5) is 12.4. The van der Waals surface area contributed by atoms with Gasteiger partial charge in [-0.15, -0.1) is 0 Å². The molecule has 2 nitrogen and oxygen atoms in total. The molecule has 4 heteroatoms. The molecule has 2 aromatic carbocycles. The molecular weight excluding hydrogens is 356 g/mol. The largest absolute Gasteiger partial charge is 0.292 e. The van der Waals surface area contributed by atoms with E-state index < -0.39 is 5.92 Å². The van der Waals surface area contributed by atoms with Crippen LogP contribution in [0.1, 0.15) is 21.8 Å². The van der Waals surface area contributed by atoms with Crippen LogP contribution in [0, 0.1) is 20.7 Å². The van der Waals surface area contributed by atoms with Crippen LogP contribution in [0.5, 0.6) is 0 Å². The van der Waals surface area contributed by atoms with Gasteiger partial charge in [0.15, 0.2) is 5.78 Å². The average Bonchev–Trinajstić information content (AvgIpc) is 2.42. The second-order valence-electron chi connectivity index (χ2n) is 3.96. The molecular formula is C15H9FINO. The van der Waals surface area contributed by atoms with Gasteiger partial charge in [0.25, 0.3) is 0 Å². The quantitative estimate of drug-likeness (QED) is 0.611. The van der Waals surface area contributed by atoms with Crippen LogP contribution < -0.4 is 0 Å². The number of halogens is 2. The average molecular weight is 365 g/mol. The summed E-state index contributed by atoms with van der Waals surface area (Å²) in [5.74, 6) is -1.56. The van der Waals surface area contributed by atoms with Gasteiger partial charge >= 0.3 is 0 Å². The fraction of sp³-hybridized carbons (Fsp3) is 0.0667. The van der Waals surface area contributed by atoms with Crippen LogP contribution in [0.4, 0.5) is 4.39 Å². The molecule has 2 rings (SSSR count). The smallest absolute Gasteiger partial charge is 0.185 e. The van der Waals surface area contributed by atoms with Gasteiger partial charge < -0.3 is 0 Å². The Morgan fingerprint density at radius 3 is 2.37 bits per heavy atom. The molecule has 1 atom stereocenters. The van der Waals surface area contributed by atoms with Gasteiger partial charge in [-0.05, 0) is 46.4 Å². The molecule has 0 aromatic heterocycles. The van der Waals surface area contributed by atoms with Crippen molar-refractivity contribution in [2.75, 3.05) is 0 Å². The summed E-state index contributed by atoms with van der Waals surface area (Å²) >= 11 is 2.06. The number of carbonyl (C=O) groups is 1. The zero-order valence-corrected chi connectivity index (χ0v) is 12.0. The Balaban J connectivity index is 2.38. The maximum Gasteiger partial charge on any atom is 0.185 e. The molecule has 19 heavy (non-hydrogen) atoms. The predicted octanol–water partition coefficient (Wildman–Crippen LogP) is 3.92. The molecule has 0 bridgehead atoms. The molecule has 0 saturated heterocycles. The third kappa shape index (κ3) is 2.99. The van der Waals surface area contributed by atoms with E-state index in [9.17, 15) is 14.4 Å². The Bertz CT molecular complexity index is 646. The number of hydrogen-bond acceptors (Lipinski definition) is 2. The SMILES string of the molecule is N#CC(C(=O)c1ccccc1I)c1ccc(F)cc1. The Morgan fingerprint density at radius 1 is 1.16 bits per heavy atom. The Morgan fingerprint density at radius 2 is 1.79 bits per heavy atom. The van der Waals surface area contributed by atoms with Crippen LogP contribution >= 0.6 is 22.6 Å². The van der Waals surface area contributed by atoms with Crippen molar-refractivity contribution in [2.45, 2.75) is 5.92 Å². The monoisotopic (exact) mass is 365 g/mol. The third-order valence-electron chi connectivity index (χ3n) is 2.73. The molecule has 0 N–H and O–H groups in total. The highest BCUT2D eigenvalue weighted by Gasteiger charge is 2.23. The van der Waals surface area contributed by atoms with Crippen LogP contribution in [-0.2, 0) is 0 Å². The summed E-state index contributed by atoms with van der Waals surface area (Å²) in [5, 5.41) is 9.20. The highest BCUT2D eigenvalue weighted by atomic mass is 127. The highest BCUT2D eigenvalue weighted by molar-refractivity contribution is 14.1. The number of rotatable bonds is 3. The first-order chi connectivity index (χ1) is 9.13. The number of nitriles is 1. The minimum Gasteiger partial charge on any atom is -0.292 e. The number of Topliss-reactive ketones (excluding diaryl/α,β-unsaturated/α-hetero) is 1. The lowest BCUT2D eigenvalue weighted by molar-refractivity contribution is 0.0978. The first kappa shape index (κ1) is 13.7. The summed E-state index contributed by atoms with van der Waals surface area (Å²) < 4.78 is 13.7. The van der Waals surface area contributed by atoms with Gasteiger partial charge in [-0.3, -0.25) is 4.79 Å². The fourth-order valence-corrected chi connectivity index (χ4v) is 2.41. The van der Waals surface area contributed by atoms with E-state index >= 15 is 0 Å². The van der Waals surface area contributed by atoms with Crippen molar-refractivity contribution in [1.29, 1.82) is 5.26 Å². The van der Waals surface area contributed by atoms with Crippen molar-refractivity contribution in [3.05, 3.63) is 69.0 Å². The maximum absolute atomic E-state index is 12.9. The van der Waals surface area contributed by atoms with Crippen molar-refractivity contribution in [3.8, 4) is 6.07 Å². The first-order valence-corrected chi connectivity index (χ1v) is 6.65. The topological polar surface area (TPSA) is 40.9 Å². The lowest BCUT2D eigenvalue weighted by Gasteiger charge is -2.09. The number of carbonyl (C=O) groups excluding carboxylic acids is 1. The minimum absolute atomic E-state index is 0.265. The van der Waals surface area contributed by atoms with Crippen molar-refractivity contribution in [2.24, 2.45) is 0 Å². The molecule has 0 aliphatic carbocycles. The zero-order valence-electron chi connectivity index (χ0n) is 9.81. The van der Waals surface area contributed by atoms with E-state index in [2.05, 4.69) is 22.6 Å². The summed E-state index contributed by atoms with van der Waals surface area (Å²) in [6, 6.07) is 14.5. The second-order valence-corrected chi connectivity index (χ2v) is 5.12. The van der Waals surface area contributed by atoms with E-state index in [4.69, 9.17) is 0 Å². The fourth-order valence-electron chi connectivity index (χ4n) is 1.76. The van der Waals surface area contributed by atoms with Gasteiger partial charge in [0.05, 0.1) is 6.07 Å². The molecule has 1 unspecified atom stereocenters. The van der Waals surface area contributed by atoms with Gasteiger partial charge in [0.2, 0.25) is 0 Å². The Labute approximate surface area is 124 Å². The number of nitrogens with zero attached hydrogens (tertiary/aromatic N) is 1. The van der Waals surface area contributed by atoms with Gasteiger partial charge in [-0.25, -0.2) is 4.39 Å².